The molecule has 4 rings (SSSR count). The van der Waals surface area contributed by atoms with Gasteiger partial charge in [0.25, 0.3) is 11.8 Å². The highest BCUT2D eigenvalue weighted by molar-refractivity contribution is 6.27. The number of carboxylic acid groups (broad SMARTS) is 2. The Kier molecular flexibility index (Phi) is 11.9. The van der Waals surface area contributed by atoms with Crippen molar-refractivity contribution in [3.63, 3.8) is 0 Å². The molecule has 0 radical (unpaired) electrons. The van der Waals surface area contributed by atoms with Crippen molar-refractivity contribution in [2.24, 2.45) is 0 Å². The van der Waals surface area contributed by atoms with Crippen LogP contribution in [0.1, 0.15) is 64.0 Å². The minimum absolute atomic E-state index is 0.699. The predicted molar refractivity (Wildman–Crippen MR) is 132 cm³/mol. The first-order valence-corrected chi connectivity index (χ1v) is 12.3. The lowest BCUT2D eigenvalue weighted by molar-refractivity contribution is -0.159. The fraction of sp³-hybridized carbons (Fsp3) is 0.583. The zero-order valence-corrected chi connectivity index (χ0v) is 21.4. The van der Waals surface area contributed by atoms with Gasteiger partial charge in [-0.05, 0) is 25.9 Å². The molecule has 12 nitrogen and oxygen atoms in total. The third-order valence-corrected chi connectivity index (χ3v) is 5.66. The highest BCUT2D eigenvalue weighted by Crippen LogP contribution is 2.20. The van der Waals surface area contributed by atoms with E-state index in [4.69, 9.17) is 28.8 Å². The summed E-state index contributed by atoms with van der Waals surface area (Å²) in [4.78, 5) is 31.7. The summed E-state index contributed by atoms with van der Waals surface area (Å²) >= 11 is 0. The molecule has 0 spiro atoms. The minimum atomic E-state index is -1.82. The van der Waals surface area contributed by atoms with Crippen LogP contribution in [0.25, 0.3) is 11.1 Å². The maximum atomic E-state index is 9.10. The van der Waals surface area contributed by atoms with Crippen LogP contribution in [-0.2, 0) is 22.4 Å². The predicted octanol–water partition coefficient (Wildman–Crippen LogP) is 2.64. The number of carbonyl (C=O) groups is 2. The third-order valence-electron chi connectivity index (χ3n) is 5.66. The average molecular weight is 505 g/mol. The molecule has 0 aromatic carbocycles. The number of aryl methyl sites for hydroxylation is 2. The Hall–Kier alpha value is -3.38. The Labute approximate surface area is 210 Å². The number of likely N-dealkylation sites (N-methyl/N-ethyl adjacent to an activating group) is 2. The fourth-order valence-corrected chi connectivity index (χ4v) is 3.52. The van der Waals surface area contributed by atoms with Crippen LogP contribution in [0.4, 0.5) is 0 Å². The zero-order chi connectivity index (χ0) is 26.5. The summed E-state index contributed by atoms with van der Waals surface area (Å²) in [5.74, 6) is -0.668. The van der Waals surface area contributed by atoms with E-state index in [0.717, 1.165) is 76.6 Å². The number of nitrogens with zero attached hydrogens (tertiary/aromatic N) is 6. The smallest absolute Gasteiger partial charge is 0.414 e. The molecule has 2 N–H and O–H groups in total. The van der Waals surface area contributed by atoms with E-state index >= 15 is 0 Å². The van der Waals surface area contributed by atoms with Crippen molar-refractivity contribution in [1.29, 1.82) is 0 Å². The molecule has 12 heteroatoms. The second-order valence-corrected chi connectivity index (χ2v) is 8.12. The molecule has 0 bridgehead atoms. The molecule has 2 aliphatic rings. The first-order valence-electron chi connectivity index (χ1n) is 12.3. The molecule has 198 valence electrons. The summed E-state index contributed by atoms with van der Waals surface area (Å²) in [6.07, 6.45) is 8.22. The largest absolute Gasteiger partial charge is 0.473 e. The summed E-state index contributed by atoms with van der Waals surface area (Å²) in [6.45, 7) is 14.7. The van der Waals surface area contributed by atoms with Crippen molar-refractivity contribution < 1.29 is 28.8 Å². The lowest BCUT2D eigenvalue weighted by Gasteiger charge is -2.23. The van der Waals surface area contributed by atoms with Gasteiger partial charge in [-0.25, -0.2) is 9.59 Å². The Balaban J connectivity index is 0.000000208. The van der Waals surface area contributed by atoms with Gasteiger partial charge in [-0.3, -0.25) is 9.80 Å². The SMILES string of the molecule is CCc1noc(C2=CCCN(CC)C2)n1.CCc1noc(C2=CCCN(CC)C2)n1.O=C(O)C(=O)O. The number of carboxylic acids is 2. The number of rotatable bonds is 6. The van der Waals surface area contributed by atoms with Crippen molar-refractivity contribution in [3.8, 4) is 0 Å². The van der Waals surface area contributed by atoms with Gasteiger partial charge < -0.3 is 19.3 Å². The van der Waals surface area contributed by atoms with E-state index in [1.807, 2.05) is 13.8 Å². The molecule has 2 aromatic rings. The number of aliphatic carboxylic acids is 2. The number of hydrogen-bond donors (Lipinski definition) is 2. The van der Waals surface area contributed by atoms with E-state index < -0.39 is 11.9 Å². The summed E-state index contributed by atoms with van der Waals surface area (Å²) < 4.78 is 10.5. The van der Waals surface area contributed by atoms with Gasteiger partial charge in [-0.2, -0.15) is 9.97 Å². The zero-order valence-electron chi connectivity index (χ0n) is 21.4. The Morgan fingerprint density at radius 1 is 0.778 bits per heavy atom. The molecular formula is C24H36N6O6. The number of aromatic nitrogens is 4. The molecule has 0 atom stereocenters. The van der Waals surface area contributed by atoms with Gasteiger partial charge >= 0.3 is 11.9 Å². The second-order valence-electron chi connectivity index (χ2n) is 8.12. The van der Waals surface area contributed by atoms with Gasteiger partial charge in [0.05, 0.1) is 0 Å². The second kappa shape index (κ2) is 14.9. The fourth-order valence-electron chi connectivity index (χ4n) is 3.52. The first-order chi connectivity index (χ1) is 17.3. The van der Waals surface area contributed by atoms with Crippen molar-refractivity contribution >= 4 is 23.1 Å². The Bertz CT molecular complexity index is 961. The van der Waals surface area contributed by atoms with Crippen LogP contribution in [0.5, 0.6) is 0 Å². The molecular weight excluding hydrogens is 468 g/mol. The van der Waals surface area contributed by atoms with Crippen molar-refractivity contribution in [1.82, 2.24) is 30.1 Å². The van der Waals surface area contributed by atoms with E-state index in [1.165, 1.54) is 11.1 Å². The normalized spacial score (nSPS) is 16.1. The number of hydrogen-bond acceptors (Lipinski definition) is 10. The van der Waals surface area contributed by atoms with Gasteiger partial charge in [0.2, 0.25) is 0 Å². The topological polar surface area (TPSA) is 159 Å². The lowest BCUT2D eigenvalue weighted by Crippen LogP contribution is -2.29. The summed E-state index contributed by atoms with van der Waals surface area (Å²) in [5, 5.41) is 22.6. The van der Waals surface area contributed by atoms with Crippen LogP contribution >= 0.6 is 0 Å². The van der Waals surface area contributed by atoms with E-state index in [0.29, 0.717) is 11.8 Å². The monoisotopic (exact) mass is 504 g/mol. The molecule has 0 aliphatic carbocycles. The van der Waals surface area contributed by atoms with Crippen molar-refractivity contribution in [2.75, 3.05) is 39.3 Å². The highest BCUT2D eigenvalue weighted by atomic mass is 16.5. The lowest BCUT2D eigenvalue weighted by atomic mass is 10.1. The molecule has 0 fully saturated rings. The maximum Gasteiger partial charge on any atom is 0.414 e. The maximum absolute atomic E-state index is 9.10. The van der Waals surface area contributed by atoms with E-state index in [-0.39, 0.29) is 0 Å². The average Bonchev–Trinajstić information content (AvgIpc) is 3.59. The highest BCUT2D eigenvalue weighted by Gasteiger charge is 2.18. The molecule has 0 saturated carbocycles. The van der Waals surface area contributed by atoms with Gasteiger partial charge in [-0.1, -0.05) is 50.2 Å². The molecule has 0 unspecified atom stereocenters. The van der Waals surface area contributed by atoms with Gasteiger partial charge in [0.15, 0.2) is 11.6 Å². The van der Waals surface area contributed by atoms with Gasteiger partial charge in [0.1, 0.15) is 0 Å². The molecule has 2 aliphatic heterocycles. The molecule has 0 amide bonds. The van der Waals surface area contributed by atoms with Crippen LogP contribution in [0.3, 0.4) is 0 Å². The van der Waals surface area contributed by atoms with Crippen LogP contribution in [0.2, 0.25) is 0 Å². The quantitative estimate of drug-likeness (QED) is 0.555. The summed E-state index contributed by atoms with van der Waals surface area (Å²) in [6, 6.07) is 0. The standard InChI is InChI=1S/2C11H17N3O.C2H2O4/c2*1-3-10-12-11(15-13-10)9-6-5-7-14(4-2)8-9;3-1(4)2(5)6/h2*6H,3-5,7-8H2,1-2H3;(H,3,4)(H,5,6). The van der Waals surface area contributed by atoms with Crippen molar-refractivity contribution in [3.05, 3.63) is 35.6 Å². The van der Waals surface area contributed by atoms with Crippen LogP contribution in [0, 0.1) is 0 Å². The van der Waals surface area contributed by atoms with Crippen LogP contribution in [0.15, 0.2) is 21.2 Å². The molecule has 0 saturated heterocycles. The first kappa shape index (κ1) is 28.9. The van der Waals surface area contributed by atoms with Crippen molar-refractivity contribution in [2.45, 2.75) is 53.4 Å². The summed E-state index contributed by atoms with van der Waals surface area (Å²) in [7, 11) is 0. The minimum Gasteiger partial charge on any atom is -0.473 e. The van der Waals surface area contributed by atoms with E-state index in [2.05, 4.69) is 56.1 Å². The molecule has 2 aromatic heterocycles. The Morgan fingerprint density at radius 3 is 1.44 bits per heavy atom. The summed E-state index contributed by atoms with van der Waals surface area (Å²) in [5.41, 5.74) is 2.35. The molecule has 36 heavy (non-hydrogen) atoms. The third kappa shape index (κ3) is 9.00. The molecule has 4 heterocycles. The Morgan fingerprint density at radius 2 is 1.17 bits per heavy atom. The van der Waals surface area contributed by atoms with E-state index in [1.54, 1.807) is 0 Å². The van der Waals surface area contributed by atoms with Gasteiger partial charge in [-0.15, -0.1) is 0 Å². The van der Waals surface area contributed by atoms with Crippen LogP contribution < -0.4 is 0 Å². The van der Waals surface area contributed by atoms with E-state index in [9.17, 15) is 0 Å². The van der Waals surface area contributed by atoms with Gasteiger partial charge in [0, 0.05) is 50.2 Å². The van der Waals surface area contributed by atoms with Crippen LogP contribution in [-0.4, -0.2) is 91.5 Å².